The summed E-state index contributed by atoms with van der Waals surface area (Å²) >= 11 is 2.03. The zero-order chi connectivity index (χ0) is 53.0. The number of aromatic nitrogens is 4. The van der Waals surface area contributed by atoms with Crippen LogP contribution < -0.4 is 29.6 Å². The van der Waals surface area contributed by atoms with Crippen LogP contribution in [-0.2, 0) is 43.3 Å². The van der Waals surface area contributed by atoms with E-state index in [9.17, 15) is 29.4 Å². The molecule has 4 amide bonds. The number of carbonyl (C=O) groups is 4. The highest BCUT2D eigenvalue weighted by molar-refractivity contribution is 8.15. The molecule has 0 radical (unpaired) electrons. The van der Waals surface area contributed by atoms with Gasteiger partial charge in [-0.15, -0.1) is 0 Å². The maximum Gasteiger partial charge on any atom is 0.286 e. The second kappa shape index (κ2) is 22.4. The third-order valence-electron chi connectivity index (χ3n) is 12.8. The van der Waals surface area contributed by atoms with Crippen LogP contribution in [0.5, 0.6) is 46.0 Å². The lowest BCUT2D eigenvalue weighted by Crippen LogP contribution is -2.25. The summed E-state index contributed by atoms with van der Waals surface area (Å²) in [6.45, 7) is 14.1. The molecule has 1 unspecified atom stereocenters. The Hall–Kier alpha value is -7.96. The molecule has 0 bridgehead atoms. The third kappa shape index (κ3) is 12.1. The minimum atomic E-state index is -0.390. The van der Waals surface area contributed by atoms with Crippen LogP contribution in [0, 0.1) is 48.5 Å². The normalized spacial score (nSPS) is 14.0. The molecular weight excluding hydrogens is 981 g/mol. The number of ether oxygens (including phenoxy) is 4. The second-order valence-corrected chi connectivity index (χ2v) is 20.1. The number of thioether (sulfide) groups is 2. The number of aromatic hydroxyl groups is 2. The smallest absolute Gasteiger partial charge is 0.286 e. The number of phenols is 2. The van der Waals surface area contributed by atoms with E-state index >= 15 is 0 Å². The Balaban J connectivity index is 0.000000177. The number of rotatable bonds is 12. The Bertz CT molecular complexity index is 3450. The van der Waals surface area contributed by atoms with Crippen molar-refractivity contribution in [1.29, 1.82) is 0 Å². The number of imidazole rings is 2. The van der Waals surface area contributed by atoms with Gasteiger partial charge in [0.15, 0.2) is 0 Å². The lowest BCUT2D eigenvalue weighted by atomic mass is 10.0. The van der Waals surface area contributed by atoms with Gasteiger partial charge in [0.1, 0.15) is 70.9 Å². The maximum atomic E-state index is 11.8. The summed E-state index contributed by atoms with van der Waals surface area (Å²) in [5, 5.41) is 23.8. The first-order valence-electron chi connectivity index (χ1n) is 23.6. The quantitative estimate of drug-likeness (QED) is 0.0899. The predicted octanol–water partition coefficient (Wildman–Crippen LogP) is 11.3. The SMILES string of the molecule is Cc1cc(Oc2ccc3nc(COc4ccc(CC5SC(=O)NC5=O)cc4)n(C)c3c2)c(C)c(C)c1O.Cc1ccc(OCc2nc3ccc(Oc4cc(C)c(O)c(C)c4C)cc3n2C)cc1.O=C1CSC(=O)N1. The fourth-order valence-corrected chi connectivity index (χ4v) is 9.44. The van der Waals surface area contributed by atoms with E-state index in [0.717, 1.165) is 113 Å². The van der Waals surface area contributed by atoms with Gasteiger partial charge in [-0.2, -0.15) is 0 Å². The largest absolute Gasteiger partial charge is 0.507 e. The first kappa shape index (κ1) is 52.4. The van der Waals surface area contributed by atoms with Gasteiger partial charge in [-0.3, -0.25) is 29.8 Å². The molecule has 0 saturated carbocycles. The lowest BCUT2D eigenvalue weighted by Gasteiger charge is -2.14. The molecule has 10 rings (SSSR count). The van der Waals surface area contributed by atoms with Gasteiger partial charge in [-0.1, -0.05) is 53.4 Å². The number of imide groups is 2. The van der Waals surface area contributed by atoms with Crippen molar-refractivity contribution < 1.29 is 48.3 Å². The minimum Gasteiger partial charge on any atom is -0.507 e. The first-order valence-corrected chi connectivity index (χ1v) is 25.4. The Kier molecular flexibility index (Phi) is 15.9. The number of benzene rings is 6. The fraction of sp³-hybridized carbons (Fsp3) is 0.250. The van der Waals surface area contributed by atoms with E-state index in [2.05, 4.69) is 17.6 Å². The van der Waals surface area contributed by atoms with Crippen LogP contribution in [0.3, 0.4) is 0 Å². The van der Waals surface area contributed by atoms with Gasteiger partial charge in [0, 0.05) is 26.2 Å². The Morgan fingerprint density at radius 1 is 0.581 bits per heavy atom. The molecule has 4 N–H and O–H groups in total. The summed E-state index contributed by atoms with van der Waals surface area (Å²) in [6, 6.07) is 30.8. The molecule has 0 aliphatic carbocycles. The molecule has 8 aromatic rings. The molecule has 0 spiro atoms. The first-order chi connectivity index (χ1) is 35.3. The van der Waals surface area contributed by atoms with Gasteiger partial charge in [0.25, 0.3) is 10.5 Å². The van der Waals surface area contributed by atoms with Crippen molar-refractivity contribution in [3.63, 3.8) is 0 Å². The van der Waals surface area contributed by atoms with Crippen molar-refractivity contribution in [2.24, 2.45) is 14.1 Å². The molecule has 1 atom stereocenters. The number of carbonyl (C=O) groups excluding carboxylic acids is 4. The van der Waals surface area contributed by atoms with Crippen LogP contribution in [0.4, 0.5) is 9.59 Å². The van der Waals surface area contributed by atoms with Crippen LogP contribution in [-0.4, -0.2) is 62.6 Å². The van der Waals surface area contributed by atoms with Gasteiger partial charge in [0.05, 0.1) is 33.1 Å². The summed E-state index contributed by atoms with van der Waals surface area (Å²) in [5.41, 5.74) is 10.8. The molecule has 74 heavy (non-hydrogen) atoms. The molecule has 18 heteroatoms. The van der Waals surface area contributed by atoms with E-state index in [1.54, 1.807) is 0 Å². The number of amides is 4. The van der Waals surface area contributed by atoms with Crippen molar-refractivity contribution >= 4 is 67.9 Å². The average molecular weight is 1040 g/mol. The molecule has 2 saturated heterocycles. The molecular formula is C56H56N6O10S2. The predicted molar refractivity (Wildman–Crippen MR) is 287 cm³/mol. The van der Waals surface area contributed by atoms with Gasteiger partial charge < -0.3 is 38.3 Å². The summed E-state index contributed by atoms with van der Waals surface area (Å²) < 4.78 is 28.2. The van der Waals surface area contributed by atoms with Gasteiger partial charge >= 0.3 is 0 Å². The van der Waals surface area contributed by atoms with Crippen LogP contribution in [0.1, 0.15) is 56.2 Å². The second-order valence-electron chi connectivity index (χ2n) is 18.0. The highest BCUT2D eigenvalue weighted by atomic mass is 32.2. The van der Waals surface area contributed by atoms with Crippen molar-refractivity contribution in [2.45, 2.75) is 73.4 Å². The molecule has 16 nitrogen and oxygen atoms in total. The number of fused-ring (bicyclic) bond motifs is 2. The fourth-order valence-electron chi connectivity index (χ4n) is 8.06. The lowest BCUT2D eigenvalue weighted by molar-refractivity contribution is -0.119. The monoisotopic (exact) mass is 1040 g/mol. The van der Waals surface area contributed by atoms with Crippen LogP contribution in [0.15, 0.2) is 97.1 Å². The molecule has 2 aliphatic heterocycles. The molecule has 6 aromatic carbocycles. The molecule has 2 aromatic heterocycles. The molecule has 2 aliphatic rings. The highest BCUT2D eigenvalue weighted by Gasteiger charge is 2.31. The topological polar surface area (TPSA) is 205 Å². The zero-order valence-electron chi connectivity index (χ0n) is 42.4. The Morgan fingerprint density at radius 2 is 1.04 bits per heavy atom. The van der Waals surface area contributed by atoms with Crippen LogP contribution >= 0.6 is 23.5 Å². The van der Waals surface area contributed by atoms with Crippen LogP contribution in [0.2, 0.25) is 0 Å². The number of nitrogens with one attached hydrogen (secondary N) is 2. The van der Waals surface area contributed by atoms with Crippen molar-refractivity contribution in [3.8, 4) is 46.0 Å². The number of hydrogen-bond acceptors (Lipinski definition) is 14. The number of hydrogen-bond donors (Lipinski definition) is 4. The van der Waals surface area contributed by atoms with Gasteiger partial charge in [0.2, 0.25) is 11.8 Å². The third-order valence-corrected chi connectivity index (χ3v) is 14.6. The van der Waals surface area contributed by atoms with Crippen molar-refractivity contribution in [2.75, 3.05) is 5.75 Å². The summed E-state index contributed by atoms with van der Waals surface area (Å²) in [7, 11) is 3.92. The van der Waals surface area contributed by atoms with Gasteiger partial charge in [-0.25, -0.2) is 9.97 Å². The van der Waals surface area contributed by atoms with Crippen LogP contribution in [0.25, 0.3) is 22.1 Å². The standard InChI is InChI=1S/C28H27N3O5S.C25H26N2O3.C3H3NO2S/c1-15-11-23(16(2)17(3)26(15)32)36-20-9-10-21-22(13-20)31(4)25(29-21)14-35-19-7-5-18(6-8-19)12-24-27(33)30-28(34)37-24;1-15-6-8-19(9-7-15)29-14-24-26-21-11-10-20(13-22(21)27(24)5)30-23-12-16(2)25(28)18(4)17(23)3;5-2-1-7-3(6)4-2/h5-11,13,24,32H,12,14H2,1-4H3,(H,30,33,34);6-13,28H,14H2,1-5H3;1H2,(H,4,5,6). The molecule has 4 heterocycles. The molecule has 2 fully saturated rings. The summed E-state index contributed by atoms with van der Waals surface area (Å²) in [5.74, 6) is 6.46. The average Bonchev–Trinajstić information content (AvgIpc) is 4.12. The van der Waals surface area contributed by atoms with E-state index in [1.165, 1.54) is 5.56 Å². The van der Waals surface area contributed by atoms with E-state index in [4.69, 9.17) is 28.9 Å². The summed E-state index contributed by atoms with van der Waals surface area (Å²) in [6.07, 6.45) is 0.487. The number of aryl methyl sites for hydroxylation is 5. The number of phenolic OH excluding ortho intramolecular Hbond substituents is 2. The van der Waals surface area contributed by atoms with Crippen molar-refractivity contribution in [1.82, 2.24) is 29.7 Å². The van der Waals surface area contributed by atoms with Gasteiger partial charge in [-0.05, 0) is 154 Å². The highest BCUT2D eigenvalue weighted by Crippen LogP contribution is 2.37. The summed E-state index contributed by atoms with van der Waals surface area (Å²) in [4.78, 5) is 52.7. The Labute approximate surface area is 436 Å². The zero-order valence-corrected chi connectivity index (χ0v) is 44.0. The van der Waals surface area contributed by atoms with E-state index < -0.39 is 0 Å². The van der Waals surface area contributed by atoms with E-state index in [0.29, 0.717) is 47.5 Å². The minimum absolute atomic E-state index is 0.185. The number of nitrogens with zero attached hydrogens (tertiary/aromatic N) is 4. The molecule has 382 valence electrons. The van der Waals surface area contributed by atoms with Crippen molar-refractivity contribution in [3.05, 3.63) is 153 Å². The van der Waals surface area contributed by atoms with E-state index in [1.807, 2.05) is 162 Å². The Morgan fingerprint density at radius 3 is 1.45 bits per heavy atom. The van der Waals surface area contributed by atoms with E-state index in [-0.39, 0.29) is 34.1 Å². The maximum absolute atomic E-state index is 11.8.